The van der Waals surface area contributed by atoms with Gasteiger partial charge in [0.15, 0.2) is 0 Å². The summed E-state index contributed by atoms with van der Waals surface area (Å²) in [7, 11) is 0. The van der Waals surface area contributed by atoms with Crippen molar-refractivity contribution in [1.29, 1.82) is 0 Å². The minimum absolute atomic E-state index is 0.0713. The highest BCUT2D eigenvalue weighted by molar-refractivity contribution is 6.09. The van der Waals surface area contributed by atoms with Crippen molar-refractivity contribution in [3.63, 3.8) is 0 Å². The number of nitrogens with zero attached hydrogens (tertiary/aromatic N) is 2. The van der Waals surface area contributed by atoms with Crippen LogP contribution in [-0.2, 0) is 0 Å². The Labute approximate surface area is 327 Å². The van der Waals surface area contributed by atoms with Gasteiger partial charge in [0.1, 0.15) is 6.04 Å². The molecule has 2 heteroatoms. The number of fused-ring (bicyclic) bond motifs is 7. The molecule has 11 rings (SSSR count). The third kappa shape index (κ3) is 5.36. The van der Waals surface area contributed by atoms with Crippen molar-refractivity contribution >= 4 is 60.8 Å². The molecular weight excluding hydrogens is 677 g/mol. The van der Waals surface area contributed by atoms with Gasteiger partial charge in [0.25, 0.3) is 0 Å². The molecule has 2 aliphatic rings. The van der Waals surface area contributed by atoms with E-state index in [0.717, 1.165) is 22.7 Å². The fraction of sp³-hybridized carbons (Fsp3) is 0.0370. The number of benzene rings is 9. The fourth-order valence-corrected chi connectivity index (χ4v) is 8.88. The first-order valence-corrected chi connectivity index (χ1v) is 19.3. The zero-order chi connectivity index (χ0) is 37.0. The Morgan fingerprint density at radius 3 is 2.04 bits per heavy atom. The van der Waals surface area contributed by atoms with E-state index in [2.05, 4.69) is 222 Å². The highest BCUT2D eigenvalue weighted by Gasteiger charge is 2.37. The molecule has 2 atom stereocenters. The molecule has 56 heavy (non-hydrogen) atoms. The van der Waals surface area contributed by atoms with Crippen LogP contribution in [0.4, 0.5) is 28.4 Å². The SMILES string of the molecule is C1#CC2C(C=C1)c1ccccc1N2c1ccc(N(c2ccc3c(ccc4ccccc43)c2)c2ccc(-c3ccc4ccccc4c3)cc2-c2ccccc2)cc1. The lowest BCUT2D eigenvalue weighted by molar-refractivity contribution is 0.769. The van der Waals surface area contributed by atoms with E-state index in [9.17, 15) is 0 Å². The van der Waals surface area contributed by atoms with Crippen molar-refractivity contribution in [3.05, 3.63) is 212 Å². The summed E-state index contributed by atoms with van der Waals surface area (Å²) in [5.74, 6) is 7.04. The predicted molar refractivity (Wildman–Crippen MR) is 237 cm³/mol. The van der Waals surface area contributed by atoms with Gasteiger partial charge in [0.05, 0.1) is 5.69 Å². The van der Waals surface area contributed by atoms with E-state index in [1.807, 2.05) is 6.08 Å². The Kier molecular flexibility index (Phi) is 7.57. The molecule has 9 aromatic carbocycles. The van der Waals surface area contributed by atoms with E-state index in [-0.39, 0.29) is 12.0 Å². The minimum Gasteiger partial charge on any atom is -0.326 e. The molecule has 9 aromatic rings. The van der Waals surface area contributed by atoms with Gasteiger partial charge in [-0.3, -0.25) is 0 Å². The van der Waals surface area contributed by atoms with Crippen molar-refractivity contribution in [2.45, 2.75) is 12.0 Å². The molecule has 1 aliphatic heterocycles. The van der Waals surface area contributed by atoms with Crippen LogP contribution < -0.4 is 9.80 Å². The van der Waals surface area contributed by atoms with Crippen LogP contribution in [0.3, 0.4) is 0 Å². The monoisotopic (exact) mass is 712 g/mol. The summed E-state index contributed by atoms with van der Waals surface area (Å²) in [6.45, 7) is 0. The van der Waals surface area contributed by atoms with Crippen molar-refractivity contribution in [2.75, 3.05) is 9.80 Å². The highest BCUT2D eigenvalue weighted by atomic mass is 15.2. The van der Waals surface area contributed by atoms with E-state index < -0.39 is 0 Å². The van der Waals surface area contributed by atoms with Gasteiger partial charge in [0, 0.05) is 34.2 Å². The van der Waals surface area contributed by atoms with Crippen LogP contribution in [0.25, 0.3) is 54.6 Å². The molecule has 1 aliphatic carbocycles. The van der Waals surface area contributed by atoms with E-state index in [1.165, 1.54) is 65.8 Å². The molecule has 0 saturated heterocycles. The Morgan fingerprint density at radius 1 is 0.464 bits per heavy atom. The molecular formula is C54H36N2. The van der Waals surface area contributed by atoms with Crippen LogP contribution >= 0.6 is 0 Å². The molecule has 0 aromatic heterocycles. The largest absolute Gasteiger partial charge is 0.326 e. The summed E-state index contributed by atoms with van der Waals surface area (Å²) < 4.78 is 0. The summed E-state index contributed by atoms with van der Waals surface area (Å²) >= 11 is 0. The summed E-state index contributed by atoms with van der Waals surface area (Å²) in [6.07, 6.45) is 4.26. The number of hydrogen-bond donors (Lipinski definition) is 0. The normalized spacial score (nSPS) is 15.4. The minimum atomic E-state index is 0.0713. The van der Waals surface area contributed by atoms with Crippen LogP contribution in [0.5, 0.6) is 0 Å². The highest BCUT2D eigenvalue weighted by Crippen LogP contribution is 2.48. The standard InChI is InChI=1S/C54H36N2/c1-2-13-38(14-3-1)51-36-42(41-24-22-37-12-4-5-16-40(37)34-41)26-33-54(51)55(46-31-32-48-43(35-46)25-23-39-15-6-7-17-47(39)48)44-27-29-45(30-28-44)56-52-20-10-8-18-49(52)50-19-9-11-21-53(50)56/h1-10,12-20,22-36,50,53H. The van der Waals surface area contributed by atoms with Crippen molar-refractivity contribution in [3.8, 4) is 34.1 Å². The second-order valence-electron chi connectivity index (χ2n) is 14.8. The number of anilines is 5. The van der Waals surface area contributed by atoms with Crippen LogP contribution in [-0.4, -0.2) is 6.04 Å². The summed E-state index contributed by atoms with van der Waals surface area (Å²) in [5, 5.41) is 7.46. The first kappa shape index (κ1) is 32.1. The summed E-state index contributed by atoms with van der Waals surface area (Å²) in [4.78, 5) is 4.84. The molecule has 0 spiro atoms. The lowest BCUT2D eigenvalue weighted by atomic mass is 9.93. The second-order valence-corrected chi connectivity index (χ2v) is 14.8. The van der Waals surface area contributed by atoms with Gasteiger partial charge in [-0.1, -0.05) is 151 Å². The average Bonchev–Trinajstić information content (AvgIpc) is 3.61. The first-order valence-electron chi connectivity index (χ1n) is 19.3. The predicted octanol–water partition coefficient (Wildman–Crippen LogP) is 14.1. The quantitative estimate of drug-likeness (QED) is 0.125. The lowest BCUT2D eigenvalue weighted by Crippen LogP contribution is -2.29. The smallest absolute Gasteiger partial charge is 0.106 e. The maximum absolute atomic E-state index is 3.53. The molecule has 262 valence electrons. The third-order valence-electron chi connectivity index (χ3n) is 11.6. The Hall–Kier alpha value is -7.34. The van der Waals surface area contributed by atoms with Crippen LogP contribution in [0.1, 0.15) is 11.5 Å². The van der Waals surface area contributed by atoms with Gasteiger partial charge >= 0.3 is 0 Å². The maximum Gasteiger partial charge on any atom is 0.106 e. The number of allylic oxidation sites excluding steroid dienone is 1. The topological polar surface area (TPSA) is 6.48 Å². The zero-order valence-corrected chi connectivity index (χ0v) is 30.7. The number of hydrogen-bond acceptors (Lipinski definition) is 2. The van der Waals surface area contributed by atoms with Crippen LogP contribution in [0, 0.1) is 11.8 Å². The molecule has 2 nitrogen and oxygen atoms in total. The summed E-state index contributed by atoms with van der Waals surface area (Å²) in [6, 6.07) is 71.0. The van der Waals surface area contributed by atoms with Gasteiger partial charge in [-0.25, -0.2) is 0 Å². The summed E-state index contributed by atoms with van der Waals surface area (Å²) in [5.41, 5.74) is 11.7. The molecule has 1 heterocycles. The van der Waals surface area contributed by atoms with E-state index in [1.54, 1.807) is 0 Å². The Balaban J connectivity index is 1.09. The van der Waals surface area contributed by atoms with Gasteiger partial charge < -0.3 is 9.80 Å². The molecule has 0 saturated carbocycles. The number of rotatable bonds is 6. The van der Waals surface area contributed by atoms with Crippen LogP contribution in [0.15, 0.2) is 206 Å². The molecule has 0 radical (unpaired) electrons. The van der Waals surface area contributed by atoms with Gasteiger partial charge in [0.2, 0.25) is 0 Å². The third-order valence-corrected chi connectivity index (χ3v) is 11.6. The zero-order valence-electron chi connectivity index (χ0n) is 30.7. The molecule has 0 bridgehead atoms. The average molecular weight is 713 g/mol. The van der Waals surface area contributed by atoms with Crippen molar-refractivity contribution in [1.82, 2.24) is 0 Å². The Morgan fingerprint density at radius 2 is 1.14 bits per heavy atom. The lowest BCUT2D eigenvalue weighted by Gasteiger charge is -2.30. The van der Waals surface area contributed by atoms with E-state index in [4.69, 9.17) is 0 Å². The molecule has 0 amide bonds. The van der Waals surface area contributed by atoms with Gasteiger partial charge in [-0.15, -0.1) is 0 Å². The van der Waals surface area contributed by atoms with Crippen LogP contribution in [0.2, 0.25) is 0 Å². The Bertz CT molecular complexity index is 3060. The molecule has 0 N–H and O–H groups in total. The number of para-hydroxylation sites is 1. The maximum atomic E-state index is 3.53. The van der Waals surface area contributed by atoms with E-state index >= 15 is 0 Å². The molecule has 2 unspecified atom stereocenters. The van der Waals surface area contributed by atoms with E-state index in [0.29, 0.717) is 0 Å². The van der Waals surface area contributed by atoms with Crippen molar-refractivity contribution in [2.24, 2.45) is 0 Å². The first-order chi connectivity index (χ1) is 27.8. The van der Waals surface area contributed by atoms with Gasteiger partial charge in [-0.2, -0.15) is 0 Å². The molecule has 0 fully saturated rings. The second kappa shape index (κ2) is 13.2. The fourth-order valence-electron chi connectivity index (χ4n) is 8.88. The van der Waals surface area contributed by atoms with Crippen molar-refractivity contribution < 1.29 is 0 Å². The van der Waals surface area contributed by atoms with Gasteiger partial charge in [-0.05, 0) is 121 Å².